The van der Waals surface area contributed by atoms with Crippen LogP contribution in [0.1, 0.15) is 36.4 Å². The molecule has 1 heterocycles. The second-order valence-corrected chi connectivity index (χ2v) is 4.93. The normalized spacial score (nSPS) is 21.7. The zero-order valence-electron chi connectivity index (χ0n) is 8.82. The van der Waals surface area contributed by atoms with E-state index in [1.165, 1.54) is 12.8 Å². The van der Waals surface area contributed by atoms with Crippen molar-refractivity contribution in [3.05, 3.63) is 33.5 Å². The summed E-state index contributed by atoms with van der Waals surface area (Å²) in [6.45, 7) is 2.97. The molecule has 0 aromatic heterocycles. The first kappa shape index (κ1) is 11.1. The van der Waals surface area contributed by atoms with Gasteiger partial charge < -0.3 is 5.32 Å². The van der Waals surface area contributed by atoms with Crippen LogP contribution in [0.25, 0.3) is 0 Å². The van der Waals surface area contributed by atoms with Crippen LogP contribution < -0.4 is 5.32 Å². The first-order valence-electron chi connectivity index (χ1n) is 5.37. The Labute approximate surface area is 98.2 Å². The van der Waals surface area contributed by atoms with E-state index in [0.717, 1.165) is 24.1 Å². The standard InChI is InChI=1S/C12H15BrFN/c1-8-6-9(7-10(14)12(8)13)11-4-2-3-5-15-11/h6-7,11,15H,2-5H2,1H3. The van der Waals surface area contributed by atoms with Crippen LogP contribution in [0.2, 0.25) is 0 Å². The Morgan fingerprint density at radius 3 is 2.80 bits per heavy atom. The molecule has 1 aromatic carbocycles. The maximum absolute atomic E-state index is 13.5. The van der Waals surface area contributed by atoms with Crippen LogP contribution in [0.15, 0.2) is 16.6 Å². The first-order valence-corrected chi connectivity index (χ1v) is 6.16. The van der Waals surface area contributed by atoms with Gasteiger partial charge in [0.25, 0.3) is 0 Å². The second kappa shape index (κ2) is 4.62. The van der Waals surface area contributed by atoms with Gasteiger partial charge in [-0.25, -0.2) is 4.39 Å². The Bertz CT molecular complexity index is 336. The molecule has 1 nitrogen and oxygen atoms in total. The number of halogens is 2. The van der Waals surface area contributed by atoms with Gasteiger partial charge in [-0.15, -0.1) is 0 Å². The third-order valence-corrected chi connectivity index (χ3v) is 3.95. The van der Waals surface area contributed by atoms with Crippen molar-refractivity contribution >= 4 is 15.9 Å². The zero-order chi connectivity index (χ0) is 10.8. The van der Waals surface area contributed by atoms with Crippen molar-refractivity contribution in [3.8, 4) is 0 Å². The summed E-state index contributed by atoms with van der Waals surface area (Å²) in [7, 11) is 0. The lowest BCUT2D eigenvalue weighted by Crippen LogP contribution is -2.26. The van der Waals surface area contributed by atoms with Crippen LogP contribution in [0.5, 0.6) is 0 Å². The molecule has 0 spiro atoms. The molecule has 0 saturated carbocycles. The molecule has 0 amide bonds. The Morgan fingerprint density at radius 2 is 2.20 bits per heavy atom. The molecule has 1 atom stereocenters. The third-order valence-electron chi connectivity index (χ3n) is 2.95. The monoisotopic (exact) mass is 271 g/mol. The summed E-state index contributed by atoms with van der Waals surface area (Å²) in [5.74, 6) is -0.155. The van der Waals surface area contributed by atoms with Crippen molar-refractivity contribution in [2.45, 2.75) is 32.2 Å². The quantitative estimate of drug-likeness (QED) is 0.821. The predicted octanol–water partition coefficient (Wildman–Crippen LogP) is 3.71. The van der Waals surface area contributed by atoms with Gasteiger partial charge in [-0.1, -0.05) is 12.5 Å². The highest BCUT2D eigenvalue weighted by atomic mass is 79.9. The molecule has 1 saturated heterocycles. The van der Waals surface area contributed by atoms with Gasteiger partial charge in [0, 0.05) is 6.04 Å². The molecule has 1 fully saturated rings. The molecule has 1 N–H and O–H groups in total. The summed E-state index contributed by atoms with van der Waals surface area (Å²) in [4.78, 5) is 0. The highest BCUT2D eigenvalue weighted by molar-refractivity contribution is 9.10. The van der Waals surface area contributed by atoms with Gasteiger partial charge in [-0.3, -0.25) is 0 Å². The molecular formula is C12H15BrFN. The van der Waals surface area contributed by atoms with Crippen LogP contribution in [0.3, 0.4) is 0 Å². The van der Waals surface area contributed by atoms with Crippen LogP contribution in [0.4, 0.5) is 4.39 Å². The summed E-state index contributed by atoms with van der Waals surface area (Å²) >= 11 is 3.24. The minimum atomic E-state index is -0.155. The van der Waals surface area contributed by atoms with Gasteiger partial charge in [-0.2, -0.15) is 0 Å². The summed E-state index contributed by atoms with van der Waals surface area (Å²) in [5.41, 5.74) is 2.05. The van der Waals surface area contributed by atoms with E-state index < -0.39 is 0 Å². The molecule has 0 bridgehead atoms. The Kier molecular flexibility index (Phi) is 3.42. The molecular weight excluding hydrogens is 257 g/mol. The minimum Gasteiger partial charge on any atom is -0.310 e. The van der Waals surface area contributed by atoms with E-state index in [-0.39, 0.29) is 5.82 Å². The smallest absolute Gasteiger partial charge is 0.137 e. The average molecular weight is 272 g/mol. The molecule has 1 aliphatic heterocycles. The number of rotatable bonds is 1. The Morgan fingerprint density at radius 1 is 1.40 bits per heavy atom. The molecule has 3 heteroatoms. The number of piperidine rings is 1. The molecule has 2 rings (SSSR count). The van der Waals surface area contributed by atoms with Crippen molar-refractivity contribution in [1.82, 2.24) is 5.32 Å². The molecule has 1 unspecified atom stereocenters. The lowest BCUT2D eigenvalue weighted by Gasteiger charge is -2.24. The maximum atomic E-state index is 13.5. The van der Waals surface area contributed by atoms with E-state index >= 15 is 0 Å². The fourth-order valence-electron chi connectivity index (χ4n) is 2.09. The van der Waals surface area contributed by atoms with Gasteiger partial charge in [0.2, 0.25) is 0 Å². The van der Waals surface area contributed by atoms with Crippen molar-refractivity contribution in [2.24, 2.45) is 0 Å². The van der Waals surface area contributed by atoms with Crippen molar-refractivity contribution in [2.75, 3.05) is 6.54 Å². The first-order chi connectivity index (χ1) is 7.18. The van der Waals surface area contributed by atoms with Gasteiger partial charge in [0.05, 0.1) is 4.47 Å². The fraction of sp³-hybridized carbons (Fsp3) is 0.500. The molecule has 15 heavy (non-hydrogen) atoms. The lowest BCUT2D eigenvalue weighted by molar-refractivity contribution is 0.410. The number of hydrogen-bond donors (Lipinski definition) is 1. The van der Waals surface area contributed by atoms with E-state index in [1.807, 2.05) is 6.92 Å². The van der Waals surface area contributed by atoms with E-state index in [1.54, 1.807) is 6.07 Å². The SMILES string of the molecule is Cc1cc(C2CCCCN2)cc(F)c1Br. The van der Waals surface area contributed by atoms with E-state index in [9.17, 15) is 4.39 Å². The fourth-order valence-corrected chi connectivity index (χ4v) is 2.32. The number of benzene rings is 1. The van der Waals surface area contributed by atoms with Crippen LogP contribution in [-0.2, 0) is 0 Å². The number of hydrogen-bond acceptors (Lipinski definition) is 1. The van der Waals surface area contributed by atoms with E-state index in [4.69, 9.17) is 0 Å². The Balaban J connectivity index is 2.27. The summed E-state index contributed by atoms with van der Waals surface area (Å²) in [6.07, 6.45) is 3.57. The topological polar surface area (TPSA) is 12.0 Å². The van der Waals surface area contributed by atoms with E-state index in [2.05, 4.69) is 27.3 Å². The lowest BCUT2D eigenvalue weighted by atomic mass is 9.96. The van der Waals surface area contributed by atoms with Crippen molar-refractivity contribution < 1.29 is 4.39 Å². The summed E-state index contributed by atoms with van der Waals surface area (Å²) in [6, 6.07) is 4.04. The van der Waals surface area contributed by atoms with E-state index in [0.29, 0.717) is 10.5 Å². The predicted molar refractivity (Wildman–Crippen MR) is 63.4 cm³/mol. The van der Waals surface area contributed by atoms with Crippen LogP contribution in [-0.4, -0.2) is 6.54 Å². The molecule has 0 radical (unpaired) electrons. The van der Waals surface area contributed by atoms with Crippen molar-refractivity contribution in [3.63, 3.8) is 0 Å². The third kappa shape index (κ3) is 2.40. The molecule has 82 valence electrons. The van der Waals surface area contributed by atoms with Gasteiger partial charge in [-0.05, 0) is 59.4 Å². The molecule has 1 aromatic rings. The van der Waals surface area contributed by atoms with Crippen LogP contribution in [0, 0.1) is 12.7 Å². The van der Waals surface area contributed by atoms with Gasteiger partial charge in [0.15, 0.2) is 0 Å². The number of aryl methyl sites for hydroxylation is 1. The average Bonchev–Trinajstić information content (AvgIpc) is 2.26. The van der Waals surface area contributed by atoms with Gasteiger partial charge in [0.1, 0.15) is 5.82 Å². The van der Waals surface area contributed by atoms with Crippen molar-refractivity contribution in [1.29, 1.82) is 0 Å². The minimum absolute atomic E-state index is 0.155. The van der Waals surface area contributed by atoms with Gasteiger partial charge >= 0.3 is 0 Å². The Hall–Kier alpha value is -0.410. The molecule has 0 aliphatic carbocycles. The molecule has 1 aliphatic rings. The second-order valence-electron chi connectivity index (χ2n) is 4.14. The highest BCUT2D eigenvalue weighted by Crippen LogP contribution is 2.28. The largest absolute Gasteiger partial charge is 0.310 e. The number of nitrogens with one attached hydrogen (secondary N) is 1. The summed E-state index contributed by atoms with van der Waals surface area (Å²) < 4.78 is 14.1. The van der Waals surface area contributed by atoms with Crippen LogP contribution >= 0.6 is 15.9 Å². The zero-order valence-corrected chi connectivity index (χ0v) is 10.4. The maximum Gasteiger partial charge on any atom is 0.137 e. The highest BCUT2D eigenvalue weighted by Gasteiger charge is 2.16. The summed E-state index contributed by atoms with van der Waals surface area (Å²) in [5, 5.41) is 3.43.